The molecule has 0 bridgehead atoms. The summed E-state index contributed by atoms with van der Waals surface area (Å²) in [5.74, 6) is -0.417. The van der Waals surface area contributed by atoms with E-state index in [9.17, 15) is 4.79 Å². The minimum absolute atomic E-state index is 0.117. The molecule has 0 radical (unpaired) electrons. The van der Waals surface area contributed by atoms with Crippen LogP contribution >= 0.6 is 0 Å². The van der Waals surface area contributed by atoms with Crippen LogP contribution in [0.1, 0.15) is 57.2 Å². The zero-order valence-corrected chi connectivity index (χ0v) is 16.5. The average molecular weight is 352 g/mol. The predicted molar refractivity (Wildman–Crippen MR) is 95.6 cm³/mol. The molecule has 1 atom stereocenters. The van der Waals surface area contributed by atoms with Crippen LogP contribution in [-0.2, 0) is 9.47 Å². The van der Waals surface area contributed by atoms with Gasteiger partial charge in [0.05, 0.1) is 14.7 Å². The van der Waals surface area contributed by atoms with Gasteiger partial charge in [-0.05, 0) is 19.9 Å². The fourth-order valence-electron chi connectivity index (χ4n) is 2.88. The largest absolute Gasteiger partial charge is 0.460 e. The molecule has 1 heterocycles. The number of nitrogens with zero attached hydrogens (tertiary/aromatic N) is 3. The smallest absolute Gasteiger partial charge is 0.374 e. The molecule has 24 heavy (non-hydrogen) atoms. The Morgan fingerprint density at radius 2 is 1.96 bits per heavy atom. The van der Waals surface area contributed by atoms with Gasteiger partial charge in [-0.15, -0.1) is 0 Å². The normalized spacial score (nSPS) is 12.7. The number of aromatic nitrogens is 2. The molecular formula is C17H29N3O3Si. The molecule has 0 amide bonds. The van der Waals surface area contributed by atoms with Crippen LogP contribution in [-0.4, -0.2) is 36.8 Å². The van der Waals surface area contributed by atoms with Gasteiger partial charge < -0.3 is 9.47 Å². The summed E-state index contributed by atoms with van der Waals surface area (Å²) in [6, 6.07) is 6.84. The van der Waals surface area contributed by atoms with Gasteiger partial charge in [0.2, 0.25) is 5.82 Å². The van der Waals surface area contributed by atoms with Gasteiger partial charge in [0, 0.05) is 12.8 Å². The van der Waals surface area contributed by atoms with Crippen LogP contribution < -0.4 is 0 Å². The number of hydrogen-bond donors (Lipinski definition) is 0. The van der Waals surface area contributed by atoms with Crippen LogP contribution in [0, 0.1) is 11.3 Å². The van der Waals surface area contributed by atoms with E-state index in [1.807, 2.05) is 13.0 Å². The molecule has 0 N–H and O–H groups in total. The molecule has 0 aliphatic rings. The first kappa shape index (κ1) is 20.4. The molecule has 0 spiro atoms. The predicted octanol–water partition coefficient (Wildman–Crippen LogP) is 3.98. The van der Waals surface area contributed by atoms with Crippen molar-refractivity contribution in [2.45, 2.75) is 65.0 Å². The van der Waals surface area contributed by atoms with E-state index in [2.05, 4.69) is 25.8 Å². The van der Waals surface area contributed by atoms with E-state index in [-0.39, 0.29) is 24.4 Å². The van der Waals surface area contributed by atoms with Crippen LogP contribution in [0.5, 0.6) is 0 Å². The number of hydrogen-bond acceptors (Lipinski definition) is 5. The first-order valence-corrected chi connectivity index (χ1v) is 11.6. The van der Waals surface area contributed by atoms with Crippen LogP contribution in [0.4, 0.5) is 0 Å². The van der Waals surface area contributed by atoms with Crippen molar-refractivity contribution in [3.05, 3.63) is 17.7 Å². The Bertz CT molecular complexity index is 568. The Balaban J connectivity index is 2.81. The molecule has 1 aromatic heterocycles. The van der Waals surface area contributed by atoms with E-state index < -0.39 is 14.0 Å². The fraction of sp³-hybridized carbons (Fsp3) is 0.706. The van der Waals surface area contributed by atoms with Crippen molar-refractivity contribution < 1.29 is 14.3 Å². The second-order valence-electron chi connectivity index (χ2n) is 5.97. The third kappa shape index (κ3) is 4.92. The minimum Gasteiger partial charge on any atom is -0.460 e. The molecule has 1 unspecified atom stereocenters. The zero-order valence-electron chi connectivity index (χ0n) is 15.5. The molecule has 1 rings (SSSR count). The maximum Gasteiger partial charge on any atom is 0.374 e. The van der Waals surface area contributed by atoms with Gasteiger partial charge in [0.1, 0.15) is 12.3 Å². The highest BCUT2D eigenvalue weighted by Gasteiger charge is 2.27. The lowest BCUT2D eigenvalue weighted by Crippen LogP contribution is -2.33. The molecule has 1 aromatic rings. The van der Waals surface area contributed by atoms with Gasteiger partial charge >= 0.3 is 5.97 Å². The lowest BCUT2D eigenvalue weighted by molar-refractivity contribution is 0.0175. The van der Waals surface area contributed by atoms with Gasteiger partial charge in [-0.25, -0.2) is 9.78 Å². The molecule has 134 valence electrons. The SMILES string of the molecule is CCOC(=O)c1nc(C#N)cn1C(C)OCC[Si](CC)(CC)CC. The number of rotatable bonds is 10. The van der Waals surface area contributed by atoms with Crippen LogP contribution in [0.2, 0.25) is 24.2 Å². The molecule has 7 heteroatoms. The molecular weight excluding hydrogens is 322 g/mol. The second-order valence-corrected chi connectivity index (χ2v) is 11.6. The van der Waals surface area contributed by atoms with Crippen molar-refractivity contribution in [1.82, 2.24) is 9.55 Å². The zero-order chi connectivity index (χ0) is 18.2. The van der Waals surface area contributed by atoms with Gasteiger partial charge in [0.15, 0.2) is 5.69 Å². The second kappa shape index (κ2) is 9.60. The summed E-state index contributed by atoms with van der Waals surface area (Å²) in [5.41, 5.74) is 0.188. The highest BCUT2D eigenvalue weighted by molar-refractivity contribution is 6.79. The van der Waals surface area contributed by atoms with Gasteiger partial charge in [-0.3, -0.25) is 4.57 Å². The van der Waals surface area contributed by atoms with Crippen molar-refractivity contribution in [3.8, 4) is 6.07 Å². The van der Waals surface area contributed by atoms with Crippen LogP contribution in [0.15, 0.2) is 6.20 Å². The Morgan fingerprint density at radius 1 is 1.33 bits per heavy atom. The van der Waals surface area contributed by atoms with E-state index in [0.29, 0.717) is 6.61 Å². The van der Waals surface area contributed by atoms with Crippen LogP contribution in [0.3, 0.4) is 0 Å². The third-order valence-electron chi connectivity index (χ3n) is 4.94. The summed E-state index contributed by atoms with van der Waals surface area (Å²) in [4.78, 5) is 16.0. The van der Waals surface area contributed by atoms with E-state index in [4.69, 9.17) is 14.7 Å². The molecule has 0 aromatic carbocycles. The summed E-state index contributed by atoms with van der Waals surface area (Å²) < 4.78 is 12.6. The molecule has 0 aliphatic carbocycles. The summed E-state index contributed by atoms with van der Waals surface area (Å²) in [6.07, 6.45) is 1.18. The van der Waals surface area contributed by atoms with E-state index in [1.165, 1.54) is 18.1 Å². The summed E-state index contributed by atoms with van der Waals surface area (Å²) in [7, 11) is -1.23. The van der Waals surface area contributed by atoms with Crippen molar-refractivity contribution in [1.29, 1.82) is 5.26 Å². The average Bonchev–Trinajstić information content (AvgIpc) is 3.04. The van der Waals surface area contributed by atoms with E-state index >= 15 is 0 Å². The highest BCUT2D eigenvalue weighted by Crippen LogP contribution is 2.26. The highest BCUT2D eigenvalue weighted by atomic mass is 28.3. The molecule has 0 aliphatic heterocycles. The maximum atomic E-state index is 12.0. The lowest BCUT2D eigenvalue weighted by Gasteiger charge is -2.28. The first-order valence-electron chi connectivity index (χ1n) is 8.74. The number of ether oxygens (including phenoxy) is 2. The van der Waals surface area contributed by atoms with Crippen molar-refractivity contribution >= 4 is 14.0 Å². The summed E-state index contributed by atoms with van der Waals surface area (Å²) in [6.45, 7) is 11.3. The van der Waals surface area contributed by atoms with Gasteiger partial charge in [0.25, 0.3) is 0 Å². The topological polar surface area (TPSA) is 77.1 Å². The monoisotopic (exact) mass is 351 g/mol. The van der Waals surface area contributed by atoms with Crippen molar-refractivity contribution in [2.24, 2.45) is 0 Å². The Hall–Kier alpha value is -1.65. The number of carbonyl (C=O) groups excluding carboxylic acids is 1. The van der Waals surface area contributed by atoms with E-state index in [0.717, 1.165) is 6.04 Å². The number of carbonyl (C=O) groups is 1. The quantitative estimate of drug-likeness (QED) is 0.471. The van der Waals surface area contributed by atoms with Crippen molar-refractivity contribution in [3.63, 3.8) is 0 Å². The Labute approximate surface area is 145 Å². The standard InChI is InChI=1S/C17H29N3O3Si/c1-6-22-17(21)16-19-15(12-18)13-20(16)14(5)23-10-11-24(7-2,8-3)9-4/h13-14H,6-11H2,1-5H3. The third-order valence-corrected chi connectivity index (χ3v) is 10.7. The minimum atomic E-state index is -1.23. The molecule has 6 nitrogen and oxygen atoms in total. The Morgan fingerprint density at radius 3 is 2.46 bits per heavy atom. The maximum absolute atomic E-state index is 12.0. The van der Waals surface area contributed by atoms with Crippen LogP contribution in [0.25, 0.3) is 0 Å². The first-order chi connectivity index (χ1) is 11.5. The molecule has 0 fully saturated rings. The summed E-state index contributed by atoms with van der Waals surface area (Å²) in [5, 5.41) is 9.03. The van der Waals surface area contributed by atoms with E-state index in [1.54, 1.807) is 17.7 Å². The summed E-state index contributed by atoms with van der Waals surface area (Å²) >= 11 is 0. The lowest BCUT2D eigenvalue weighted by atomic mass is 10.5. The fourth-order valence-corrected chi connectivity index (χ4v) is 5.99. The number of esters is 1. The Kier molecular flexibility index (Phi) is 8.15. The molecule has 0 saturated carbocycles. The number of nitriles is 1. The number of imidazole rings is 1. The van der Waals surface area contributed by atoms with Gasteiger partial charge in [-0.2, -0.15) is 5.26 Å². The van der Waals surface area contributed by atoms with Crippen molar-refractivity contribution in [2.75, 3.05) is 13.2 Å². The van der Waals surface area contributed by atoms with Gasteiger partial charge in [-0.1, -0.05) is 38.9 Å². The molecule has 0 saturated heterocycles.